The van der Waals surface area contributed by atoms with E-state index >= 15 is 0 Å². The number of hydrazine groups is 1. The molecule has 7 nitrogen and oxygen atoms in total. The highest BCUT2D eigenvalue weighted by Gasteiger charge is 2.15. The van der Waals surface area contributed by atoms with Gasteiger partial charge in [0.25, 0.3) is 11.5 Å². The Morgan fingerprint density at radius 1 is 1.07 bits per heavy atom. The number of amides is 2. The van der Waals surface area contributed by atoms with Crippen LogP contribution in [0.2, 0.25) is 0 Å². The molecule has 10 heteroatoms. The lowest BCUT2D eigenvalue weighted by molar-refractivity contribution is -0.119. The second-order valence-electron chi connectivity index (χ2n) is 5.31. The molecule has 0 bridgehead atoms. The standard InChI is InChI=1S/C17H12F2N4O3S/c18-9-5-6-12(19)13(7-9)27-8-14(24)20-23-17(26)15-10-3-1-2-4-11(10)16(25)22-21-15/h1-7H,8H2,(H,20,24)(H,22,25)(H,23,26). The topological polar surface area (TPSA) is 104 Å². The van der Waals surface area contributed by atoms with Crippen LogP contribution in [0.4, 0.5) is 8.78 Å². The molecule has 3 aromatic rings. The van der Waals surface area contributed by atoms with E-state index < -0.39 is 29.0 Å². The molecule has 0 aliphatic rings. The highest BCUT2D eigenvalue weighted by atomic mass is 32.2. The Hall–Kier alpha value is -3.27. The molecule has 3 N–H and O–H groups in total. The zero-order valence-corrected chi connectivity index (χ0v) is 14.4. The van der Waals surface area contributed by atoms with Gasteiger partial charge >= 0.3 is 0 Å². The Labute approximate surface area is 155 Å². The van der Waals surface area contributed by atoms with E-state index in [9.17, 15) is 23.2 Å². The van der Waals surface area contributed by atoms with Crippen LogP contribution in [0, 0.1) is 11.6 Å². The van der Waals surface area contributed by atoms with Crippen LogP contribution in [0.1, 0.15) is 10.5 Å². The molecule has 2 amide bonds. The fraction of sp³-hybridized carbons (Fsp3) is 0.0588. The summed E-state index contributed by atoms with van der Waals surface area (Å²) < 4.78 is 26.6. The number of aromatic amines is 1. The summed E-state index contributed by atoms with van der Waals surface area (Å²) in [4.78, 5) is 35.7. The SMILES string of the molecule is O=C(CSc1cc(F)ccc1F)NNC(=O)c1n[nH]c(=O)c2ccccc12. The molecule has 0 aliphatic heterocycles. The van der Waals surface area contributed by atoms with Gasteiger partial charge in [0, 0.05) is 10.3 Å². The number of halogens is 2. The summed E-state index contributed by atoms with van der Waals surface area (Å²) in [6.07, 6.45) is 0. The van der Waals surface area contributed by atoms with E-state index in [1.165, 1.54) is 6.07 Å². The first-order valence-corrected chi connectivity index (χ1v) is 8.58. The van der Waals surface area contributed by atoms with Crippen LogP contribution in [0.5, 0.6) is 0 Å². The Morgan fingerprint density at radius 3 is 2.59 bits per heavy atom. The average molecular weight is 390 g/mol. The molecule has 0 saturated carbocycles. The van der Waals surface area contributed by atoms with Crippen LogP contribution in [0.25, 0.3) is 10.8 Å². The molecule has 0 spiro atoms. The van der Waals surface area contributed by atoms with Crippen molar-refractivity contribution in [2.75, 3.05) is 5.75 Å². The Balaban J connectivity index is 1.62. The number of aromatic nitrogens is 2. The van der Waals surface area contributed by atoms with Crippen molar-refractivity contribution in [3.05, 3.63) is 70.1 Å². The van der Waals surface area contributed by atoms with E-state index in [0.717, 1.165) is 30.0 Å². The van der Waals surface area contributed by atoms with Crippen LogP contribution >= 0.6 is 11.8 Å². The van der Waals surface area contributed by atoms with Gasteiger partial charge in [-0.25, -0.2) is 13.9 Å². The number of nitrogens with one attached hydrogen (secondary N) is 3. The van der Waals surface area contributed by atoms with Crippen molar-refractivity contribution in [1.82, 2.24) is 21.0 Å². The van der Waals surface area contributed by atoms with Gasteiger partial charge in [0.2, 0.25) is 5.91 Å². The summed E-state index contributed by atoms with van der Waals surface area (Å²) in [7, 11) is 0. The van der Waals surface area contributed by atoms with Crippen molar-refractivity contribution in [2.24, 2.45) is 0 Å². The Bertz CT molecular complexity index is 1090. The lowest BCUT2D eigenvalue weighted by Gasteiger charge is -2.08. The van der Waals surface area contributed by atoms with E-state index in [2.05, 4.69) is 21.0 Å². The van der Waals surface area contributed by atoms with Crippen LogP contribution in [0.3, 0.4) is 0 Å². The van der Waals surface area contributed by atoms with Crippen molar-refractivity contribution >= 4 is 34.3 Å². The molecular weight excluding hydrogens is 378 g/mol. The predicted molar refractivity (Wildman–Crippen MR) is 95.1 cm³/mol. The zero-order valence-electron chi connectivity index (χ0n) is 13.6. The van der Waals surface area contributed by atoms with Gasteiger partial charge in [0.1, 0.15) is 11.6 Å². The molecule has 27 heavy (non-hydrogen) atoms. The average Bonchev–Trinajstić information content (AvgIpc) is 2.67. The first-order valence-electron chi connectivity index (χ1n) is 7.60. The number of thioether (sulfide) groups is 1. The minimum Gasteiger partial charge on any atom is -0.272 e. The van der Waals surface area contributed by atoms with Gasteiger partial charge in [-0.05, 0) is 24.3 Å². The molecule has 0 unspecified atom stereocenters. The number of carbonyl (C=O) groups is 2. The fourth-order valence-corrected chi connectivity index (χ4v) is 3.00. The second-order valence-corrected chi connectivity index (χ2v) is 6.33. The normalized spacial score (nSPS) is 10.6. The lowest BCUT2D eigenvalue weighted by Crippen LogP contribution is -2.43. The molecule has 0 radical (unpaired) electrons. The molecule has 2 aromatic carbocycles. The van der Waals surface area contributed by atoms with Gasteiger partial charge < -0.3 is 0 Å². The molecule has 3 rings (SSSR count). The summed E-state index contributed by atoms with van der Waals surface area (Å²) >= 11 is 0.780. The van der Waals surface area contributed by atoms with Crippen LogP contribution in [0.15, 0.2) is 52.2 Å². The number of benzene rings is 2. The first-order chi connectivity index (χ1) is 13.0. The van der Waals surface area contributed by atoms with Crippen LogP contribution < -0.4 is 16.4 Å². The number of H-pyrrole nitrogens is 1. The molecule has 0 aliphatic carbocycles. The summed E-state index contributed by atoms with van der Waals surface area (Å²) in [5, 5.41) is 6.51. The number of rotatable bonds is 4. The summed E-state index contributed by atoms with van der Waals surface area (Å²) in [6, 6.07) is 9.28. The van der Waals surface area contributed by atoms with Gasteiger partial charge in [-0.15, -0.1) is 11.8 Å². The maximum Gasteiger partial charge on any atom is 0.290 e. The predicted octanol–water partition coefficient (Wildman–Crippen LogP) is 1.75. The van der Waals surface area contributed by atoms with Crippen molar-refractivity contribution in [2.45, 2.75) is 4.90 Å². The van der Waals surface area contributed by atoms with Gasteiger partial charge in [-0.3, -0.25) is 25.2 Å². The third-order valence-electron chi connectivity index (χ3n) is 3.48. The molecule has 0 saturated heterocycles. The lowest BCUT2D eigenvalue weighted by atomic mass is 10.1. The highest BCUT2D eigenvalue weighted by Crippen LogP contribution is 2.22. The van der Waals surface area contributed by atoms with Gasteiger partial charge in [0.15, 0.2) is 5.69 Å². The largest absolute Gasteiger partial charge is 0.290 e. The Morgan fingerprint density at radius 2 is 1.81 bits per heavy atom. The smallest absolute Gasteiger partial charge is 0.272 e. The molecular formula is C17H12F2N4O3S. The number of nitrogens with zero attached hydrogens (tertiary/aromatic N) is 1. The van der Waals surface area contributed by atoms with Crippen LogP contribution in [-0.4, -0.2) is 27.8 Å². The monoisotopic (exact) mass is 390 g/mol. The molecule has 138 valence electrons. The minimum absolute atomic E-state index is 0.0234. The van der Waals surface area contributed by atoms with E-state index in [-0.39, 0.29) is 21.7 Å². The van der Waals surface area contributed by atoms with Crippen LogP contribution in [-0.2, 0) is 4.79 Å². The summed E-state index contributed by atoms with van der Waals surface area (Å²) in [5.74, 6) is -2.89. The number of carbonyl (C=O) groups excluding carboxylic acids is 2. The molecule has 1 aromatic heterocycles. The van der Waals surface area contributed by atoms with Gasteiger partial charge in [0.05, 0.1) is 11.1 Å². The van der Waals surface area contributed by atoms with Crippen molar-refractivity contribution in [1.29, 1.82) is 0 Å². The van der Waals surface area contributed by atoms with E-state index in [1.54, 1.807) is 18.2 Å². The third-order valence-corrected chi connectivity index (χ3v) is 4.51. The van der Waals surface area contributed by atoms with Crippen molar-refractivity contribution in [3.8, 4) is 0 Å². The van der Waals surface area contributed by atoms with E-state index in [0.29, 0.717) is 5.39 Å². The summed E-state index contributed by atoms with van der Waals surface area (Å²) in [5.41, 5.74) is 3.81. The minimum atomic E-state index is -0.738. The van der Waals surface area contributed by atoms with Crippen molar-refractivity contribution < 1.29 is 18.4 Å². The molecule has 1 heterocycles. The molecule has 0 atom stereocenters. The maximum atomic E-state index is 13.5. The van der Waals surface area contributed by atoms with E-state index in [1.807, 2.05) is 0 Å². The maximum absolute atomic E-state index is 13.5. The van der Waals surface area contributed by atoms with E-state index in [4.69, 9.17) is 0 Å². The summed E-state index contributed by atoms with van der Waals surface area (Å²) in [6.45, 7) is 0. The quantitative estimate of drug-likeness (QED) is 0.465. The molecule has 0 fully saturated rings. The first kappa shape index (κ1) is 18.5. The van der Waals surface area contributed by atoms with Gasteiger partial charge in [-0.2, -0.15) is 5.10 Å². The third kappa shape index (κ3) is 4.29. The Kier molecular flexibility index (Phi) is 5.46. The zero-order chi connectivity index (χ0) is 19.4. The number of fused-ring (bicyclic) bond motifs is 1. The number of hydrogen-bond donors (Lipinski definition) is 3. The van der Waals surface area contributed by atoms with Gasteiger partial charge in [-0.1, -0.05) is 18.2 Å². The fourth-order valence-electron chi connectivity index (χ4n) is 2.24. The number of hydrogen-bond acceptors (Lipinski definition) is 5. The second kappa shape index (κ2) is 7.96. The highest BCUT2D eigenvalue weighted by molar-refractivity contribution is 8.00. The van der Waals surface area contributed by atoms with Crippen molar-refractivity contribution in [3.63, 3.8) is 0 Å².